The van der Waals surface area contributed by atoms with Crippen molar-refractivity contribution in [2.24, 2.45) is 14.1 Å². The Balaban J connectivity index is 0.00000105. The molecule has 4 N–H and O–H groups in total. The third-order valence-corrected chi connectivity index (χ3v) is 7.05. The fourth-order valence-electron chi connectivity index (χ4n) is 4.61. The van der Waals surface area contributed by atoms with E-state index in [1.54, 1.807) is 12.1 Å². The summed E-state index contributed by atoms with van der Waals surface area (Å²) in [6.07, 6.45) is 0. The molecule has 0 saturated carbocycles. The number of anilines is 2. The summed E-state index contributed by atoms with van der Waals surface area (Å²) >= 11 is 0. The molecule has 0 bridgehead atoms. The van der Waals surface area contributed by atoms with Crippen molar-refractivity contribution in [1.82, 2.24) is 9.13 Å². The first-order valence-electron chi connectivity index (χ1n) is 14.5. The van der Waals surface area contributed by atoms with E-state index in [2.05, 4.69) is 25.1 Å². The van der Waals surface area contributed by atoms with Gasteiger partial charge in [0.05, 0.1) is 43.0 Å². The number of nitriles is 2. The topological polar surface area (TPSA) is 252 Å². The van der Waals surface area contributed by atoms with Crippen molar-refractivity contribution in [2.45, 2.75) is 14.4 Å². The predicted molar refractivity (Wildman–Crippen MR) is 183 cm³/mol. The number of nitrogens with zero attached hydrogens (tertiary/aromatic N) is 6. The zero-order valence-electron chi connectivity index (χ0n) is 29.1. The molecule has 4 rings (SSSR count). The van der Waals surface area contributed by atoms with Gasteiger partial charge in [0.1, 0.15) is 23.8 Å². The molecule has 0 atom stereocenters. The maximum atomic E-state index is 14.8. The second-order valence-electron chi connectivity index (χ2n) is 10.3. The minimum atomic E-state index is -1.98. The number of aliphatic carboxylic acids is 1. The summed E-state index contributed by atoms with van der Waals surface area (Å²) in [6, 6.07) is 9.32. The number of carbonyl (C=O) groups excluding carboxylic acids is 5. The number of ketones is 2. The summed E-state index contributed by atoms with van der Waals surface area (Å²) < 4.78 is 62.0. The Kier molecular flexibility index (Phi) is 18.4. The quantitative estimate of drug-likeness (QED) is 0.0554. The molecule has 0 radical (unpaired) electrons. The van der Waals surface area contributed by atoms with Gasteiger partial charge in [-0.25, -0.2) is 27.2 Å². The van der Waals surface area contributed by atoms with E-state index in [9.17, 15) is 46.3 Å². The van der Waals surface area contributed by atoms with Crippen LogP contribution in [0.4, 0.5) is 40.6 Å². The maximum absolute atomic E-state index is 14.8. The number of hydrogen-bond acceptors (Lipinski definition) is 10. The fourth-order valence-corrected chi connectivity index (χ4v) is 4.61. The van der Waals surface area contributed by atoms with Crippen molar-refractivity contribution >= 4 is 58.3 Å². The summed E-state index contributed by atoms with van der Waals surface area (Å²) in [5.74, 6) is -14.3. The normalized spacial score (nSPS) is 9.39. The molecule has 17 nitrogen and oxygen atoms in total. The van der Waals surface area contributed by atoms with Gasteiger partial charge in [-0.15, -0.1) is 0 Å². The number of rotatable bonds is 9. The van der Waals surface area contributed by atoms with Crippen molar-refractivity contribution in [3.63, 3.8) is 0 Å². The monoisotopic (exact) mass is 800 g/mol. The zero-order valence-corrected chi connectivity index (χ0v) is 31.1. The summed E-state index contributed by atoms with van der Waals surface area (Å²) in [7, 11) is 2.27. The molecule has 0 spiro atoms. The molecule has 0 aliphatic carbocycles. The molecule has 0 unspecified atom stereocenters. The van der Waals surface area contributed by atoms with Gasteiger partial charge in [0.2, 0.25) is 23.0 Å². The molecule has 2 aromatic heterocycles. The van der Waals surface area contributed by atoms with Gasteiger partial charge in [-0.1, -0.05) is 20.6 Å². The number of carbonyl (C=O) groups is 6. The molecule has 0 aliphatic rings. The summed E-state index contributed by atoms with van der Waals surface area (Å²) in [5.41, 5.74) is -4.11. The minimum Gasteiger partial charge on any atom is -0.870 e. The Morgan fingerprint density at radius 3 is 1.46 bits per heavy atom. The van der Waals surface area contributed by atoms with Crippen LogP contribution in [0.3, 0.4) is 0 Å². The first-order valence-corrected chi connectivity index (χ1v) is 14.5. The van der Waals surface area contributed by atoms with Gasteiger partial charge in [0.15, 0.2) is 11.6 Å². The van der Waals surface area contributed by atoms with Gasteiger partial charge in [-0.05, 0) is 43.3 Å². The number of amides is 2. The van der Waals surface area contributed by atoms with Gasteiger partial charge in [0.25, 0.3) is 23.4 Å². The van der Waals surface area contributed by atoms with E-state index in [1.165, 1.54) is 14.0 Å². The van der Waals surface area contributed by atoms with Gasteiger partial charge in [-0.2, -0.15) is 10.5 Å². The van der Waals surface area contributed by atoms with E-state index in [0.29, 0.717) is 0 Å². The first kappa shape index (κ1) is 49.9. The van der Waals surface area contributed by atoms with Crippen LogP contribution in [0.25, 0.3) is 9.69 Å². The van der Waals surface area contributed by atoms with E-state index in [4.69, 9.17) is 28.8 Å². The molecule has 2 amide bonds. The van der Waals surface area contributed by atoms with E-state index in [1.807, 2.05) is 0 Å². The predicted octanol–water partition coefficient (Wildman–Crippen LogP) is 2.43. The van der Waals surface area contributed by atoms with Crippen LogP contribution in [0.1, 0.15) is 67.2 Å². The number of esters is 1. The molecule has 288 valence electrons. The van der Waals surface area contributed by atoms with Crippen LogP contribution in [0.2, 0.25) is 0 Å². The maximum Gasteiger partial charge on any atom is 1.00 e. The Morgan fingerprint density at radius 2 is 1.14 bits per heavy atom. The van der Waals surface area contributed by atoms with Crippen LogP contribution in [-0.4, -0.2) is 61.6 Å². The van der Waals surface area contributed by atoms with Gasteiger partial charge in [-0.3, -0.25) is 28.3 Å². The standard InChI is InChI=1S/C18H12F2N4O4.C16H8F2N4O4.CH4.Na.H2O/c1-4-28-18(27)15(25)12-13(20)14(24(3)16(12)22-2)17(26)23-10-5-6-11(19)9(7-10)8-21;1-20-14-10(13(23)16(25)26)11(18)12(22(14)2)15(24)21-8-3-4-9(17)7(5-8)6-19;;;/h5-7H,4H2,1,3H3,(H,23,26);3-5H,2H3,(H,21,24)(H,25,26);1H4;;1H2/q;;;+1;/p-1. The van der Waals surface area contributed by atoms with E-state index in [-0.39, 0.29) is 71.6 Å². The smallest absolute Gasteiger partial charge is 0.870 e. The summed E-state index contributed by atoms with van der Waals surface area (Å²) in [6.45, 7) is 15.4. The van der Waals surface area contributed by atoms with Crippen molar-refractivity contribution in [3.8, 4) is 12.1 Å². The molecular weight excluding hydrogens is 775 g/mol. The van der Waals surface area contributed by atoms with Crippen LogP contribution in [0.15, 0.2) is 36.4 Å². The average molecular weight is 801 g/mol. The van der Waals surface area contributed by atoms with Gasteiger partial charge in [0, 0.05) is 11.4 Å². The van der Waals surface area contributed by atoms with Crippen molar-refractivity contribution in [2.75, 3.05) is 17.2 Å². The molecule has 22 heteroatoms. The van der Waals surface area contributed by atoms with Crippen molar-refractivity contribution in [1.29, 1.82) is 10.5 Å². The molecular formula is C35H25F4N8NaO9. The minimum absolute atomic E-state index is 0. The van der Waals surface area contributed by atoms with Crippen molar-refractivity contribution in [3.05, 3.63) is 116 Å². The number of ether oxygens (including phenoxy) is 1. The number of benzene rings is 2. The zero-order chi connectivity index (χ0) is 40.6. The van der Waals surface area contributed by atoms with E-state index < -0.39 is 92.7 Å². The van der Waals surface area contributed by atoms with Crippen LogP contribution in [0.5, 0.6) is 0 Å². The third-order valence-electron chi connectivity index (χ3n) is 7.05. The first-order chi connectivity index (χ1) is 25.5. The SMILES string of the molecule is C.[C-]#[N+]c1c(C(=O)C(=O)O)c(F)c(C(=O)Nc2ccc(F)c(C#N)c2)n1C.[C-]#[N+]c1c(C(=O)C(=O)OCC)c(F)c(C(=O)Nc2ccc(F)c(C#N)c2)n1C.[Na+].[OH-]. The number of Topliss-reactive ketones (excluding diaryl/α,β-unsaturated/α-hetero) is 2. The van der Waals surface area contributed by atoms with Crippen LogP contribution < -0.4 is 40.2 Å². The molecule has 2 heterocycles. The van der Waals surface area contributed by atoms with Crippen LogP contribution >= 0.6 is 0 Å². The molecule has 0 aliphatic heterocycles. The third kappa shape index (κ3) is 10.3. The fraction of sp³-hybridized carbons (Fsp3) is 0.143. The number of nitrogens with one attached hydrogen (secondary N) is 2. The summed E-state index contributed by atoms with van der Waals surface area (Å²) in [5, 5.41) is 30.8. The van der Waals surface area contributed by atoms with E-state index >= 15 is 0 Å². The Bertz CT molecular complexity index is 2470. The molecule has 2 aromatic carbocycles. The van der Waals surface area contributed by atoms with Crippen LogP contribution in [-0.2, 0) is 28.4 Å². The van der Waals surface area contributed by atoms with Gasteiger partial charge < -0.3 is 35.6 Å². The number of carboxylic acids is 1. The Labute approximate surface area is 341 Å². The Hall–Kier alpha value is -7.14. The second kappa shape index (κ2) is 21.1. The largest absolute Gasteiger partial charge is 1.00 e. The number of aromatic nitrogens is 2. The van der Waals surface area contributed by atoms with Gasteiger partial charge >= 0.3 is 41.5 Å². The van der Waals surface area contributed by atoms with Crippen LogP contribution in [0, 0.1) is 59.1 Å². The average Bonchev–Trinajstić information content (AvgIpc) is 3.55. The number of hydrogen-bond donors (Lipinski definition) is 3. The molecule has 57 heavy (non-hydrogen) atoms. The van der Waals surface area contributed by atoms with E-state index in [0.717, 1.165) is 52.6 Å². The Morgan fingerprint density at radius 1 is 0.772 bits per heavy atom. The molecule has 0 saturated heterocycles. The molecule has 4 aromatic rings. The summed E-state index contributed by atoms with van der Waals surface area (Å²) in [4.78, 5) is 76.8. The number of carboxylic acid groups (broad SMARTS) is 1. The van der Waals surface area contributed by atoms with Crippen molar-refractivity contribution < 1.29 is 91.2 Å². The number of halogens is 4. The second-order valence-corrected chi connectivity index (χ2v) is 10.3. The molecule has 0 fully saturated rings.